The van der Waals surface area contributed by atoms with Crippen LogP contribution in [0.4, 0.5) is 4.79 Å². The van der Waals surface area contributed by atoms with Crippen LogP contribution in [-0.4, -0.2) is 24.8 Å². The Morgan fingerprint density at radius 1 is 1.25 bits per heavy atom. The van der Waals surface area contributed by atoms with Crippen LogP contribution < -0.4 is 10.6 Å². The van der Waals surface area contributed by atoms with E-state index in [9.17, 15) is 4.79 Å². The molecule has 1 rings (SSSR count). The summed E-state index contributed by atoms with van der Waals surface area (Å²) in [5.74, 6) is 0. The average molecular weight is 278 g/mol. The highest BCUT2D eigenvalue weighted by Crippen LogP contribution is 2.13. The Kier molecular flexibility index (Phi) is 6.52. The van der Waals surface area contributed by atoms with Crippen molar-refractivity contribution >= 4 is 6.09 Å². The van der Waals surface area contributed by atoms with Gasteiger partial charge < -0.3 is 15.4 Å². The molecule has 112 valence electrons. The largest absolute Gasteiger partial charge is 0.444 e. The molecule has 1 atom stereocenters. The van der Waals surface area contributed by atoms with Gasteiger partial charge in [-0.25, -0.2) is 4.79 Å². The molecule has 4 heteroatoms. The molecule has 0 heterocycles. The third-order valence-corrected chi connectivity index (χ3v) is 2.67. The smallest absolute Gasteiger partial charge is 0.408 e. The van der Waals surface area contributed by atoms with E-state index in [0.717, 1.165) is 18.5 Å². The fourth-order valence-corrected chi connectivity index (χ4v) is 1.81. The van der Waals surface area contributed by atoms with Crippen molar-refractivity contribution in [3.63, 3.8) is 0 Å². The van der Waals surface area contributed by atoms with Crippen LogP contribution in [0.5, 0.6) is 0 Å². The van der Waals surface area contributed by atoms with E-state index in [1.807, 2.05) is 51.1 Å². The zero-order valence-corrected chi connectivity index (χ0v) is 12.9. The monoisotopic (exact) mass is 278 g/mol. The minimum Gasteiger partial charge on any atom is -0.444 e. The lowest BCUT2D eigenvalue weighted by Crippen LogP contribution is -2.39. The first-order valence-electron chi connectivity index (χ1n) is 7.17. The number of nitrogens with one attached hydrogen (secondary N) is 2. The molecule has 1 aromatic rings. The molecular formula is C16H26N2O2. The van der Waals surface area contributed by atoms with E-state index in [4.69, 9.17) is 4.74 Å². The van der Waals surface area contributed by atoms with Crippen molar-refractivity contribution in [2.45, 2.75) is 45.8 Å². The second-order valence-corrected chi connectivity index (χ2v) is 5.81. The number of carbonyl (C=O) groups is 1. The van der Waals surface area contributed by atoms with Gasteiger partial charge in [0.1, 0.15) is 5.60 Å². The highest BCUT2D eigenvalue weighted by molar-refractivity contribution is 5.68. The lowest BCUT2D eigenvalue weighted by molar-refractivity contribution is 0.0503. The SMILES string of the molecule is CCCNCC(NC(=O)OC(C)(C)C)c1ccccc1. The minimum atomic E-state index is -0.484. The zero-order chi connectivity index (χ0) is 15.0. The fraction of sp³-hybridized carbons (Fsp3) is 0.562. The Bertz CT molecular complexity index is 399. The van der Waals surface area contributed by atoms with Crippen LogP contribution in [0.1, 0.15) is 45.7 Å². The van der Waals surface area contributed by atoms with Gasteiger partial charge in [0.15, 0.2) is 0 Å². The molecule has 2 N–H and O–H groups in total. The van der Waals surface area contributed by atoms with Crippen LogP contribution in [0.3, 0.4) is 0 Å². The quantitative estimate of drug-likeness (QED) is 0.785. The van der Waals surface area contributed by atoms with Crippen molar-refractivity contribution < 1.29 is 9.53 Å². The highest BCUT2D eigenvalue weighted by Gasteiger charge is 2.20. The maximum absolute atomic E-state index is 11.9. The van der Waals surface area contributed by atoms with Gasteiger partial charge >= 0.3 is 6.09 Å². The Morgan fingerprint density at radius 2 is 1.90 bits per heavy atom. The molecule has 0 aliphatic heterocycles. The number of alkyl carbamates (subject to hydrolysis) is 1. The summed E-state index contributed by atoms with van der Waals surface area (Å²) in [6.45, 7) is 9.32. The van der Waals surface area contributed by atoms with E-state index >= 15 is 0 Å². The predicted octanol–water partition coefficient (Wildman–Crippen LogP) is 3.25. The standard InChI is InChI=1S/C16H26N2O2/c1-5-11-17-12-14(13-9-7-6-8-10-13)18-15(19)20-16(2,3)4/h6-10,14,17H,5,11-12H2,1-4H3,(H,18,19). The molecule has 0 bridgehead atoms. The predicted molar refractivity (Wildman–Crippen MR) is 81.7 cm³/mol. The van der Waals surface area contributed by atoms with Gasteiger partial charge in [-0.15, -0.1) is 0 Å². The molecule has 0 aliphatic carbocycles. The number of rotatable bonds is 6. The topological polar surface area (TPSA) is 50.4 Å². The summed E-state index contributed by atoms with van der Waals surface area (Å²) in [5, 5.41) is 6.26. The van der Waals surface area contributed by atoms with E-state index < -0.39 is 5.60 Å². The van der Waals surface area contributed by atoms with Crippen LogP contribution in [0.2, 0.25) is 0 Å². The third kappa shape index (κ3) is 6.57. The lowest BCUT2D eigenvalue weighted by atomic mass is 10.1. The number of hydrogen-bond acceptors (Lipinski definition) is 3. The number of carbonyl (C=O) groups excluding carboxylic acids is 1. The summed E-state index contributed by atoms with van der Waals surface area (Å²) >= 11 is 0. The number of benzene rings is 1. The Balaban J connectivity index is 2.65. The van der Waals surface area contributed by atoms with Crippen LogP contribution in [0.15, 0.2) is 30.3 Å². The number of ether oxygens (including phenoxy) is 1. The maximum Gasteiger partial charge on any atom is 0.408 e. The summed E-state index contributed by atoms with van der Waals surface area (Å²) in [6, 6.07) is 9.84. The number of hydrogen-bond donors (Lipinski definition) is 2. The molecule has 20 heavy (non-hydrogen) atoms. The molecule has 0 saturated heterocycles. The summed E-state index contributed by atoms with van der Waals surface area (Å²) in [6.07, 6.45) is 0.679. The van der Waals surface area contributed by atoms with Crippen LogP contribution >= 0.6 is 0 Å². The van der Waals surface area contributed by atoms with Crippen molar-refractivity contribution in [2.75, 3.05) is 13.1 Å². The summed E-state index contributed by atoms with van der Waals surface area (Å²) in [4.78, 5) is 11.9. The van der Waals surface area contributed by atoms with Gasteiger partial charge in [0.2, 0.25) is 0 Å². The lowest BCUT2D eigenvalue weighted by Gasteiger charge is -2.24. The van der Waals surface area contributed by atoms with Crippen molar-refractivity contribution in [2.24, 2.45) is 0 Å². The first-order chi connectivity index (χ1) is 9.42. The molecule has 0 aromatic heterocycles. The van der Waals surface area contributed by atoms with Crippen LogP contribution in [0.25, 0.3) is 0 Å². The summed E-state index contributed by atoms with van der Waals surface area (Å²) in [7, 11) is 0. The second-order valence-electron chi connectivity index (χ2n) is 5.81. The molecule has 1 aromatic carbocycles. The van der Waals surface area contributed by atoms with Crippen molar-refractivity contribution in [1.82, 2.24) is 10.6 Å². The molecule has 0 fully saturated rings. The normalized spacial score (nSPS) is 12.8. The summed E-state index contributed by atoms with van der Waals surface area (Å²) in [5.41, 5.74) is 0.587. The highest BCUT2D eigenvalue weighted by atomic mass is 16.6. The van der Waals surface area contributed by atoms with Crippen molar-refractivity contribution in [3.8, 4) is 0 Å². The molecule has 4 nitrogen and oxygen atoms in total. The Morgan fingerprint density at radius 3 is 2.45 bits per heavy atom. The van der Waals surface area contributed by atoms with Gasteiger partial charge in [-0.2, -0.15) is 0 Å². The van der Waals surface area contributed by atoms with Gasteiger partial charge in [0.25, 0.3) is 0 Å². The third-order valence-electron chi connectivity index (χ3n) is 2.67. The molecular weight excluding hydrogens is 252 g/mol. The number of amides is 1. The van der Waals surface area contributed by atoms with Crippen molar-refractivity contribution in [1.29, 1.82) is 0 Å². The first kappa shape index (κ1) is 16.5. The van der Waals surface area contributed by atoms with Crippen LogP contribution in [0, 0.1) is 0 Å². The zero-order valence-electron chi connectivity index (χ0n) is 12.9. The van der Waals surface area contributed by atoms with Gasteiger partial charge in [-0.05, 0) is 39.3 Å². The molecule has 0 spiro atoms. The molecule has 0 radical (unpaired) electrons. The van der Waals surface area contributed by atoms with E-state index in [1.165, 1.54) is 0 Å². The molecule has 0 saturated carbocycles. The van der Waals surface area contributed by atoms with Gasteiger partial charge in [0.05, 0.1) is 6.04 Å². The maximum atomic E-state index is 11.9. The Labute approximate surface area is 121 Å². The van der Waals surface area contributed by atoms with E-state index in [1.54, 1.807) is 0 Å². The summed E-state index contributed by atoms with van der Waals surface area (Å²) < 4.78 is 5.32. The van der Waals surface area contributed by atoms with Gasteiger partial charge in [0, 0.05) is 6.54 Å². The minimum absolute atomic E-state index is 0.0856. The fourth-order valence-electron chi connectivity index (χ4n) is 1.81. The second kappa shape index (κ2) is 7.90. The average Bonchev–Trinajstić information content (AvgIpc) is 2.37. The van der Waals surface area contributed by atoms with E-state index in [0.29, 0.717) is 6.54 Å². The van der Waals surface area contributed by atoms with Gasteiger partial charge in [-0.3, -0.25) is 0 Å². The van der Waals surface area contributed by atoms with Gasteiger partial charge in [-0.1, -0.05) is 37.3 Å². The molecule has 1 unspecified atom stereocenters. The van der Waals surface area contributed by atoms with Crippen molar-refractivity contribution in [3.05, 3.63) is 35.9 Å². The van der Waals surface area contributed by atoms with E-state index in [-0.39, 0.29) is 12.1 Å². The van der Waals surface area contributed by atoms with E-state index in [2.05, 4.69) is 17.6 Å². The Hall–Kier alpha value is -1.55. The molecule has 0 aliphatic rings. The first-order valence-corrected chi connectivity index (χ1v) is 7.17. The molecule has 1 amide bonds. The van der Waals surface area contributed by atoms with Crippen LogP contribution in [-0.2, 0) is 4.74 Å².